The molecule has 1 aliphatic heterocycles. The Balaban J connectivity index is 1.75. The Bertz CT molecular complexity index is 353. The van der Waals surface area contributed by atoms with Crippen molar-refractivity contribution in [2.75, 3.05) is 19.6 Å². The predicted octanol–water partition coefficient (Wildman–Crippen LogP) is 2.90. The molecule has 0 saturated carbocycles. The Labute approximate surface area is 111 Å². The molecule has 0 unspecified atom stereocenters. The van der Waals surface area contributed by atoms with Gasteiger partial charge < -0.3 is 5.32 Å². The van der Waals surface area contributed by atoms with Gasteiger partial charge in [0, 0.05) is 32.2 Å². The molecular formula is C16H26N2. The number of hydrogen-bond donors (Lipinski definition) is 1. The lowest BCUT2D eigenvalue weighted by Gasteiger charge is -2.22. The van der Waals surface area contributed by atoms with Gasteiger partial charge in [0.2, 0.25) is 0 Å². The number of rotatable bonds is 4. The predicted molar refractivity (Wildman–Crippen MR) is 77.6 cm³/mol. The van der Waals surface area contributed by atoms with Gasteiger partial charge in [-0.05, 0) is 17.4 Å². The summed E-state index contributed by atoms with van der Waals surface area (Å²) >= 11 is 0. The van der Waals surface area contributed by atoms with E-state index in [1.165, 1.54) is 25.1 Å². The lowest BCUT2D eigenvalue weighted by atomic mass is 9.96. The molecule has 1 fully saturated rings. The first-order valence-corrected chi connectivity index (χ1v) is 7.03. The average Bonchev–Trinajstić information content (AvgIpc) is 2.75. The van der Waals surface area contributed by atoms with Crippen LogP contribution in [-0.4, -0.2) is 30.6 Å². The second-order valence-electron chi connectivity index (χ2n) is 6.65. The van der Waals surface area contributed by atoms with E-state index in [2.05, 4.69) is 61.3 Å². The number of benzene rings is 1. The van der Waals surface area contributed by atoms with Gasteiger partial charge in [0.25, 0.3) is 0 Å². The highest BCUT2D eigenvalue weighted by Gasteiger charge is 2.23. The molecule has 2 heteroatoms. The molecule has 1 aliphatic rings. The third-order valence-electron chi connectivity index (χ3n) is 3.44. The molecule has 1 aromatic carbocycles. The molecule has 1 N–H and O–H groups in total. The zero-order chi connectivity index (χ0) is 13.0. The Kier molecular flexibility index (Phi) is 4.41. The molecule has 0 aromatic heterocycles. The van der Waals surface area contributed by atoms with Gasteiger partial charge in [0.15, 0.2) is 0 Å². The standard InChI is InChI=1S/C16H26N2/c1-16(2,3)13-17-15-9-10-18(12-15)11-14-7-5-4-6-8-14/h4-8,15,17H,9-13H2,1-3H3/t15-/m0/s1. The largest absolute Gasteiger partial charge is 0.312 e. The van der Waals surface area contributed by atoms with Gasteiger partial charge >= 0.3 is 0 Å². The average molecular weight is 246 g/mol. The zero-order valence-corrected chi connectivity index (χ0v) is 11.9. The van der Waals surface area contributed by atoms with Crippen LogP contribution in [-0.2, 0) is 6.54 Å². The summed E-state index contributed by atoms with van der Waals surface area (Å²) in [6, 6.07) is 11.4. The molecule has 100 valence electrons. The van der Waals surface area contributed by atoms with Crippen molar-refractivity contribution >= 4 is 0 Å². The zero-order valence-electron chi connectivity index (χ0n) is 11.9. The minimum absolute atomic E-state index is 0.382. The highest BCUT2D eigenvalue weighted by atomic mass is 15.2. The van der Waals surface area contributed by atoms with Crippen LogP contribution < -0.4 is 5.32 Å². The highest BCUT2D eigenvalue weighted by molar-refractivity contribution is 5.14. The van der Waals surface area contributed by atoms with Gasteiger partial charge in [-0.3, -0.25) is 4.90 Å². The molecule has 0 bridgehead atoms. The van der Waals surface area contributed by atoms with E-state index in [1.54, 1.807) is 0 Å². The van der Waals surface area contributed by atoms with Crippen molar-refractivity contribution in [3.05, 3.63) is 35.9 Å². The van der Waals surface area contributed by atoms with Crippen molar-refractivity contribution in [2.24, 2.45) is 5.41 Å². The molecule has 0 amide bonds. The summed E-state index contributed by atoms with van der Waals surface area (Å²) in [7, 11) is 0. The summed E-state index contributed by atoms with van der Waals surface area (Å²) in [4.78, 5) is 2.55. The van der Waals surface area contributed by atoms with E-state index in [0.717, 1.165) is 13.1 Å². The molecule has 0 radical (unpaired) electrons. The summed E-state index contributed by atoms with van der Waals surface area (Å²) in [5.41, 5.74) is 1.81. The lowest BCUT2D eigenvalue weighted by Crippen LogP contribution is -2.37. The summed E-state index contributed by atoms with van der Waals surface area (Å²) in [6.45, 7) is 11.5. The van der Waals surface area contributed by atoms with Crippen LogP contribution in [0, 0.1) is 5.41 Å². The van der Waals surface area contributed by atoms with Crippen LogP contribution in [0.25, 0.3) is 0 Å². The van der Waals surface area contributed by atoms with Crippen molar-refractivity contribution in [3.63, 3.8) is 0 Å². The van der Waals surface area contributed by atoms with Gasteiger partial charge in [-0.15, -0.1) is 0 Å². The highest BCUT2D eigenvalue weighted by Crippen LogP contribution is 2.16. The minimum atomic E-state index is 0.382. The van der Waals surface area contributed by atoms with Crippen molar-refractivity contribution in [1.29, 1.82) is 0 Å². The number of hydrogen-bond acceptors (Lipinski definition) is 2. The van der Waals surface area contributed by atoms with Gasteiger partial charge in [-0.2, -0.15) is 0 Å². The van der Waals surface area contributed by atoms with E-state index >= 15 is 0 Å². The van der Waals surface area contributed by atoms with E-state index < -0.39 is 0 Å². The molecule has 1 heterocycles. The first kappa shape index (κ1) is 13.6. The smallest absolute Gasteiger partial charge is 0.0234 e. The number of likely N-dealkylation sites (tertiary alicyclic amines) is 1. The molecule has 1 aromatic rings. The Morgan fingerprint density at radius 3 is 2.61 bits per heavy atom. The van der Waals surface area contributed by atoms with Crippen LogP contribution in [0.5, 0.6) is 0 Å². The van der Waals surface area contributed by atoms with E-state index in [0.29, 0.717) is 11.5 Å². The second-order valence-corrected chi connectivity index (χ2v) is 6.65. The molecular weight excluding hydrogens is 220 g/mol. The minimum Gasteiger partial charge on any atom is -0.312 e. The van der Waals surface area contributed by atoms with Crippen LogP contribution in [0.2, 0.25) is 0 Å². The van der Waals surface area contributed by atoms with Gasteiger partial charge in [0.05, 0.1) is 0 Å². The molecule has 0 aliphatic carbocycles. The number of nitrogens with one attached hydrogen (secondary N) is 1. The van der Waals surface area contributed by atoms with Gasteiger partial charge in [-0.1, -0.05) is 51.1 Å². The molecule has 2 nitrogen and oxygen atoms in total. The topological polar surface area (TPSA) is 15.3 Å². The van der Waals surface area contributed by atoms with Crippen LogP contribution >= 0.6 is 0 Å². The fourth-order valence-corrected chi connectivity index (χ4v) is 2.44. The summed E-state index contributed by atoms with van der Waals surface area (Å²) < 4.78 is 0. The van der Waals surface area contributed by atoms with E-state index in [-0.39, 0.29) is 0 Å². The Hall–Kier alpha value is -0.860. The van der Waals surface area contributed by atoms with E-state index in [9.17, 15) is 0 Å². The maximum absolute atomic E-state index is 3.70. The maximum atomic E-state index is 3.70. The SMILES string of the molecule is CC(C)(C)CN[C@H]1CCN(Cc2ccccc2)C1. The van der Waals surface area contributed by atoms with E-state index in [1.807, 2.05) is 0 Å². The van der Waals surface area contributed by atoms with E-state index in [4.69, 9.17) is 0 Å². The molecule has 0 spiro atoms. The van der Waals surface area contributed by atoms with Crippen molar-refractivity contribution in [3.8, 4) is 0 Å². The first-order chi connectivity index (χ1) is 8.53. The third kappa shape index (κ3) is 4.43. The lowest BCUT2D eigenvalue weighted by molar-refractivity contribution is 0.306. The summed E-state index contributed by atoms with van der Waals surface area (Å²) in [6.07, 6.45) is 1.28. The van der Waals surface area contributed by atoms with Crippen LogP contribution in [0.3, 0.4) is 0 Å². The fourth-order valence-electron chi connectivity index (χ4n) is 2.44. The van der Waals surface area contributed by atoms with Crippen LogP contribution in [0.1, 0.15) is 32.8 Å². The molecule has 1 atom stereocenters. The Morgan fingerprint density at radius 1 is 1.22 bits per heavy atom. The number of nitrogens with zero attached hydrogens (tertiary/aromatic N) is 1. The normalized spacial score (nSPS) is 21.4. The summed E-state index contributed by atoms with van der Waals surface area (Å²) in [5, 5.41) is 3.70. The second kappa shape index (κ2) is 5.85. The van der Waals surface area contributed by atoms with Crippen LogP contribution in [0.4, 0.5) is 0 Å². The fraction of sp³-hybridized carbons (Fsp3) is 0.625. The van der Waals surface area contributed by atoms with Crippen LogP contribution in [0.15, 0.2) is 30.3 Å². The van der Waals surface area contributed by atoms with Gasteiger partial charge in [-0.25, -0.2) is 0 Å². The summed E-state index contributed by atoms with van der Waals surface area (Å²) in [5.74, 6) is 0. The maximum Gasteiger partial charge on any atom is 0.0234 e. The van der Waals surface area contributed by atoms with Crippen molar-refractivity contribution < 1.29 is 0 Å². The molecule has 1 saturated heterocycles. The van der Waals surface area contributed by atoms with Crippen molar-refractivity contribution in [2.45, 2.75) is 39.8 Å². The first-order valence-electron chi connectivity index (χ1n) is 7.03. The third-order valence-corrected chi connectivity index (χ3v) is 3.44. The molecule has 2 rings (SSSR count). The molecule has 18 heavy (non-hydrogen) atoms. The van der Waals surface area contributed by atoms with Crippen molar-refractivity contribution in [1.82, 2.24) is 10.2 Å². The Morgan fingerprint density at radius 2 is 1.94 bits per heavy atom. The quantitative estimate of drug-likeness (QED) is 0.879. The van der Waals surface area contributed by atoms with Gasteiger partial charge in [0.1, 0.15) is 0 Å². The monoisotopic (exact) mass is 246 g/mol.